The number of rotatable bonds is 4. The van der Waals surface area contributed by atoms with Crippen LogP contribution in [0.2, 0.25) is 0 Å². The SMILES string of the molecule is CNC(CN1CCCOCC1)c1ccc2ccccc2c1. The summed E-state index contributed by atoms with van der Waals surface area (Å²) in [7, 11) is 2.05. The Kier molecular flexibility index (Phi) is 4.86. The van der Waals surface area contributed by atoms with Gasteiger partial charge in [0.1, 0.15) is 0 Å². The number of nitrogens with zero attached hydrogens (tertiary/aromatic N) is 1. The summed E-state index contributed by atoms with van der Waals surface area (Å²) < 4.78 is 5.54. The van der Waals surface area contributed by atoms with Gasteiger partial charge in [-0.1, -0.05) is 36.4 Å². The molecule has 1 aliphatic rings. The third kappa shape index (κ3) is 3.62. The molecule has 0 saturated carbocycles. The number of benzene rings is 2. The molecule has 1 saturated heterocycles. The van der Waals surface area contributed by atoms with E-state index in [2.05, 4.69) is 52.7 Å². The summed E-state index contributed by atoms with van der Waals surface area (Å²) in [5.74, 6) is 0. The van der Waals surface area contributed by atoms with Crippen LogP contribution in [-0.4, -0.2) is 44.8 Å². The summed E-state index contributed by atoms with van der Waals surface area (Å²) in [5, 5.41) is 6.09. The Morgan fingerprint density at radius 1 is 1.10 bits per heavy atom. The molecule has 112 valence electrons. The van der Waals surface area contributed by atoms with Crippen LogP contribution in [0.15, 0.2) is 42.5 Å². The highest BCUT2D eigenvalue weighted by Gasteiger charge is 2.16. The predicted octanol–water partition coefficient (Wildman–Crippen LogP) is 2.82. The molecule has 21 heavy (non-hydrogen) atoms. The third-order valence-corrected chi connectivity index (χ3v) is 4.28. The highest BCUT2D eigenvalue weighted by Crippen LogP contribution is 2.21. The first-order valence-corrected chi connectivity index (χ1v) is 7.83. The third-order valence-electron chi connectivity index (χ3n) is 4.28. The first kappa shape index (κ1) is 14.5. The van der Waals surface area contributed by atoms with Gasteiger partial charge in [0.15, 0.2) is 0 Å². The lowest BCUT2D eigenvalue weighted by molar-refractivity contribution is 0.139. The standard InChI is InChI=1S/C18H24N2O/c1-19-18(14-20-9-4-11-21-12-10-20)17-8-7-15-5-2-3-6-16(15)13-17/h2-3,5-8,13,18-19H,4,9-12,14H2,1H3. The minimum Gasteiger partial charge on any atom is -0.380 e. The Morgan fingerprint density at radius 2 is 1.95 bits per heavy atom. The summed E-state index contributed by atoms with van der Waals surface area (Å²) in [6, 6.07) is 15.7. The van der Waals surface area contributed by atoms with Crippen molar-refractivity contribution in [3.8, 4) is 0 Å². The second kappa shape index (κ2) is 7.03. The molecule has 3 nitrogen and oxygen atoms in total. The molecule has 2 aromatic rings. The van der Waals surface area contributed by atoms with E-state index in [4.69, 9.17) is 4.74 Å². The fourth-order valence-corrected chi connectivity index (χ4v) is 3.03. The lowest BCUT2D eigenvalue weighted by atomic mass is 10.0. The van der Waals surface area contributed by atoms with E-state index in [-0.39, 0.29) is 0 Å². The second-order valence-electron chi connectivity index (χ2n) is 5.71. The van der Waals surface area contributed by atoms with Crippen molar-refractivity contribution in [3.05, 3.63) is 48.0 Å². The van der Waals surface area contributed by atoms with Gasteiger partial charge in [-0.3, -0.25) is 4.90 Å². The number of hydrogen-bond acceptors (Lipinski definition) is 3. The molecule has 2 aromatic carbocycles. The summed E-state index contributed by atoms with van der Waals surface area (Å²) in [5.41, 5.74) is 1.36. The molecule has 1 unspecified atom stereocenters. The van der Waals surface area contributed by atoms with Crippen molar-refractivity contribution in [3.63, 3.8) is 0 Å². The lowest BCUT2D eigenvalue weighted by Gasteiger charge is -2.26. The fraction of sp³-hybridized carbons (Fsp3) is 0.444. The maximum Gasteiger partial charge on any atom is 0.0593 e. The quantitative estimate of drug-likeness (QED) is 0.934. The van der Waals surface area contributed by atoms with Gasteiger partial charge in [-0.05, 0) is 35.9 Å². The van der Waals surface area contributed by atoms with E-state index in [0.717, 1.165) is 39.3 Å². The molecule has 1 fully saturated rings. The van der Waals surface area contributed by atoms with E-state index in [0.29, 0.717) is 6.04 Å². The smallest absolute Gasteiger partial charge is 0.0593 e. The molecule has 1 heterocycles. The zero-order valence-electron chi connectivity index (χ0n) is 12.7. The lowest BCUT2D eigenvalue weighted by Crippen LogP contribution is -2.35. The zero-order chi connectivity index (χ0) is 14.5. The Bertz CT molecular complexity index is 576. The molecule has 0 amide bonds. The summed E-state index contributed by atoms with van der Waals surface area (Å²) in [4.78, 5) is 2.50. The Labute approximate surface area is 126 Å². The van der Waals surface area contributed by atoms with Gasteiger partial charge < -0.3 is 10.1 Å². The van der Waals surface area contributed by atoms with Gasteiger partial charge in [-0.2, -0.15) is 0 Å². The van der Waals surface area contributed by atoms with Crippen molar-refractivity contribution < 1.29 is 4.74 Å². The van der Waals surface area contributed by atoms with Crippen molar-refractivity contribution in [2.75, 3.05) is 39.9 Å². The number of fused-ring (bicyclic) bond motifs is 1. The van der Waals surface area contributed by atoms with Crippen LogP contribution >= 0.6 is 0 Å². The van der Waals surface area contributed by atoms with Gasteiger partial charge in [0.2, 0.25) is 0 Å². The highest BCUT2D eigenvalue weighted by atomic mass is 16.5. The molecule has 0 radical (unpaired) electrons. The summed E-state index contributed by atoms with van der Waals surface area (Å²) >= 11 is 0. The van der Waals surface area contributed by atoms with Crippen LogP contribution in [0.1, 0.15) is 18.0 Å². The predicted molar refractivity (Wildman–Crippen MR) is 87.6 cm³/mol. The van der Waals surface area contributed by atoms with E-state index in [1.54, 1.807) is 0 Å². The maximum absolute atomic E-state index is 5.54. The van der Waals surface area contributed by atoms with Gasteiger partial charge in [0.05, 0.1) is 6.61 Å². The van der Waals surface area contributed by atoms with Gasteiger partial charge in [0.25, 0.3) is 0 Å². The van der Waals surface area contributed by atoms with Crippen LogP contribution in [0.4, 0.5) is 0 Å². The average molecular weight is 284 g/mol. The second-order valence-corrected chi connectivity index (χ2v) is 5.71. The van der Waals surface area contributed by atoms with Crippen molar-refractivity contribution >= 4 is 10.8 Å². The van der Waals surface area contributed by atoms with Gasteiger partial charge in [0, 0.05) is 32.3 Å². The minimum absolute atomic E-state index is 0.368. The van der Waals surface area contributed by atoms with E-state index >= 15 is 0 Å². The largest absolute Gasteiger partial charge is 0.380 e. The van der Waals surface area contributed by atoms with E-state index < -0.39 is 0 Å². The molecule has 3 rings (SSSR count). The van der Waals surface area contributed by atoms with Crippen molar-refractivity contribution in [2.24, 2.45) is 0 Å². The number of likely N-dealkylation sites (N-methyl/N-ethyl adjacent to an activating group) is 1. The van der Waals surface area contributed by atoms with Crippen LogP contribution < -0.4 is 5.32 Å². The van der Waals surface area contributed by atoms with Gasteiger partial charge in [-0.25, -0.2) is 0 Å². The van der Waals surface area contributed by atoms with Gasteiger partial charge in [-0.15, -0.1) is 0 Å². The van der Waals surface area contributed by atoms with Crippen LogP contribution in [0.25, 0.3) is 10.8 Å². The van der Waals surface area contributed by atoms with Crippen LogP contribution in [-0.2, 0) is 4.74 Å². The zero-order valence-corrected chi connectivity index (χ0v) is 12.7. The minimum atomic E-state index is 0.368. The normalized spacial score (nSPS) is 18.5. The van der Waals surface area contributed by atoms with Crippen LogP contribution in [0, 0.1) is 0 Å². The molecule has 1 aliphatic heterocycles. The van der Waals surface area contributed by atoms with Crippen LogP contribution in [0.5, 0.6) is 0 Å². The van der Waals surface area contributed by atoms with E-state index in [1.165, 1.54) is 16.3 Å². The Hall–Kier alpha value is -1.42. The topological polar surface area (TPSA) is 24.5 Å². The fourth-order valence-electron chi connectivity index (χ4n) is 3.03. The van der Waals surface area contributed by atoms with Gasteiger partial charge >= 0.3 is 0 Å². The van der Waals surface area contributed by atoms with E-state index in [9.17, 15) is 0 Å². The maximum atomic E-state index is 5.54. The number of hydrogen-bond donors (Lipinski definition) is 1. The van der Waals surface area contributed by atoms with E-state index in [1.807, 2.05) is 7.05 Å². The van der Waals surface area contributed by atoms with Crippen LogP contribution in [0.3, 0.4) is 0 Å². The molecular formula is C18H24N2O. The molecule has 1 N–H and O–H groups in total. The summed E-state index contributed by atoms with van der Waals surface area (Å²) in [6.45, 7) is 4.96. The Morgan fingerprint density at radius 3 is 2.81 bits per heavy atom. The molecule has 0 spiro atoms. The monoisotopic (exact) mass is 284 g/mol. The first-order valence-electron chi connectivity index (χ1n) is 7.83. The van der Waals surface area contributed by atoms with Crippen molar-refractivity contribution in [1.82, 2.24) is 10.2 Å². The molecule has 3 heteroatoms. The molecule has 0 aromatic heterocycles. The van der Waals surface area contributed by atoms with Crippen molar-refractivity contribution in [2.45, 2.75) is 12.5 Å². The molecule has 0 aliphatic carbocycles. The highest BCUT2D eigenvalue weighted by molar-refractivity contribution is 5.83. The first-order chi connectivity index (χ1) is 10.4. The number of nitrogens with one attached hydrogen (secondary N) is 1. The average Bonchev–Trinajstić information content (AvgIpc) is 2.81. The Balaban J connectivity index is 1.77. The molecular weight excluding hydrogens is 260 g/mol. The molecule has 1 atom stereocenters. The number of ether oxygens (including phenoxy) is 1. The van der Waals surface area contributed by atoms with Crippen molar-refractivity contribution in [1.29, 1.82) is 0 Å². The summed E-state index contributed by atoms with van der Waals surface area (Å²) in [6.07, 6.45) is 1.13. The molecule has 0 bridgehead atoms.